The predicted octanol–water partition coefficient (Wildman–Crippen LogP) is 2.61. The summed E-state index contributed by atoms with van der Waals surface area (Å²) < 4.78 is 26.3. The van der Waals surface area contributed by atoms with Gasteiger partial charge in [0.25, 0.3) is 13.1 Å². The molecule has 0 spiro atoms. The number of fused-ring (bicyclic) bond motifs is 1. The molecule has 0 saturated carbocycles. The molecular formula is C20H26ClN6O5P. The van der Waals surface area contributed by atoms with Crippen molar-refractivity contribution in [3.05, 3.63) is 51.0 Å². The molecule has 13 heteroatoms. The summed E-state index contributed by atoms with van der Waals surface area (Å²) in [5.41, 5.74) is 7.29. The number of aromatic amines is 1. The van der Waals surface area contributed by atoms with Crippen LogP contribution in [-0.4, -0.2) is 44.3 Å². The number of aromatic nitrogens is 4. The Morgan fingerprint density at radius 1 is 1.42 bits per heavy atom. The van der Waals surface area contributed by atoms with Gasteiger partial charge in [-0.2, -0.15) is 4.98 Å². The number of rotatable bonds is 11. The van der Waals surface area contributed by atoms with Crippen LogP contribution in [0.3, 0.4) is 0 Å². The van der Waals surface area contributed by atoms with Crippen molar-refractivity contribution in [2.75, 3.05) is 18.7 Å². The lowest BCUT2D eigenvalue weighted by atomic mass is 10.2. The minimum Gasteiger partial charge on any atom is -0.369 e. The molecule has 178 valence electrons. The van der Waals surface area contributed by atoms with Crippen molar-refractivity contribution in [1.29, 1.82) is 0 Å². The molecule has 0 aliphatic carbocycles. The van der Waals surface area contributed by atoms with E-state index in [9.17, 15) is 14.2 Å². The van der Waals surface area contributed by atoms with Gasteiger partial charge in [-0.25, -0.2) is 10.1 Å². The lowest BCUT2D eigenvalue weighted by Crippen LogP contribution is -2.32. The zero-order chi connectivity index (χ0) is 24.2. The Bertz CT molecular complexity index is 1260. The first-order chi connectivity index (χ1) is 15.6. The van der Waals surface area contributed by atoms with E-state index in [2.05, 4.69) is 20.0 Å². The van der Waals surface area contributed by atoms with E-state index in [1.165, 1.54) is 13.3 Å². The summed E-state index contributed by atoms with van der Waals surface area (Å²) in [5.74, 6) is -0.206. The first kappa shape index (κ1) is 25.1. The molecule has 33 heavy (non-hydrogen) atoms. The van der Waals surface area contributed by atoms with Gasteiger partial charge >= 0.3 is 0 Å². The maximum atomic E-state index is 13.4. The van der Waals surface area contributed by atoms with Crippen LogP contribution in [-0.2, 0) is 31.8 Å². The molecule has 3 rings (SSSR count). The van der Waals surface area contributed by atoms with Gasteiger partial charge < -0.3 is 19.6 Å². The van der Waals surface area contributed by atoms with Crippen LogP contribution in [0.2, 0.25) is 5.02 Å². The summed E-state index contributed by atoms with van der Waals surface area (Å²) in [5, 5.41) is 3.34. The number of imidazole rings is 1. The van der Waals surface area contributed by atoms with Crippen molar-refractivity contribution in [3.8, 4) is 0 Å². The molecule has 0 aliphatic rings. The molecule has 11 nitrogen and oxygen atoms in total. The average molecular weight is 497 g/mol. The number of nitrogen functional groups attached to an aromatic ring is 1. The number of hydrogen-bond acceptors (Lipinski definition) is 8. The number of H-pyrrole nitrogens is 1. The lowest BCUT2D eigenvalue weighted by Gasteiger charge is -2.23. The number of halogens is 1. The van der Waals surface area contributed by atoms with Crippen molar-refractivity contribution in [2.45, 2.75) is 40.0 Å². The molecule has 0 aliphatic heterocycles. The highest BCUT2D eigenvalue weighted by Gasteiger charge is 2.27. The van der Waals surface area contributed by atoms with Crippen LogP contribution >= 0.6 is 19.1 Å². The Morgan fingerprint density at radius 3 is 2.88 bits per heavy atom. The fourth-order valence-electron chi connectivity index (χ4n) is 2.88. The third kappa shape index (κ3) is 6.49. The number of carbonyl (C=O) groups excluding carboxylic acids is 1. The molecule has 2 heterocycles. The van der Waals surface area contributed by atoms with Crippen molar-refractivity contribution >= 4 is 42.0 Å². The molecule has 0 fully saturated rings. The van der Waals surface area contributed by atoms with Crippen LogP contribution in [0.5, 0.6) is 0 Å². The number of nitrogens with one attached hydrogen (secondary N) is 2. The lowest BCUT2D eigenvalue weighted by molar-refractivity contribution is -0.118. The first-order valence-electron chi connectivity index (χ1n) is 10.1. The Kier molecular flexibility index (Phi) is 8.04. The second-order valence-electron chi connectivity index (χ2n) is 7.59. The number of ketones is 1. The molecule has 1 unspecified atom stereocenters. The Labute approximate surface area is 195 Å². The second kappa shape index (κ2) is 10.6. The number of ether oxygens (including phenoxy) is 1. The second-order valence-corrected chi connectivity index (χ2v) is 10.1. The van der Waals surface area contributed by atoms with Crippen LogP contribution in [0.4, 0.5) is 5.95 Å². The molecule has 0 radical (unpaired) electrons. The quantitative estimate of drug-likeness (QED) is 0.268. The van der Waals surface area contributed by atoms with Crippen LogP contribution < -0.4 is 16.4 Å². The van der Waals surface area contributed by atoms with Crippen molar-refractivity contribution in [2.24, 2.45) is 0 Å². The normalized spacial score (nSPS) is 14.3. The van der Waals surface area contributed by atoms with Crippen LogP contribution in [0, 0.1) is 6.92 Å². The highest BCUT2D eigenvalue weighted by Crippen LogP contribution is 2.44. The fourth-order valence-corrected chi connectivity index (χ4v) is 4.81. The summed E-state index contributed by atoms with van der Waals surface area (Å²) in [6.45, 7) is 5.31. The van der Waals surface area contributed by atoms with E-state index in [-0.39, 0.29) is 43.4 Å². The predicted molar refractivity (Wildman–Crippen MR) is 125 cm³/mol. The van der Waals surface area contributed by atoms with E-state index in [0.29, 0.717) is 10.7 Å². The summed E-state index contributed by atoms with van der Waals surface area (Å²) in [6.07, 6.45) is 1.18. The zero-order valence-electron chi connectivity index (χ0n) is 18.5. The maximum Gasteiger partial charge on any atom is 0.295 e. The third-order valence-corrected chi connectivity index (χ3v) is 7.16. The Hall–Kier alpha value is -2.56. The van der Waals surface area contributed by atoms with Crippen molar-refractivity contribution < 1.29 is 18.6 Å². The highest BCUT2D eigenvalue weighted by atomic mass is 35.5. The van der Waals surface area contributed by atoms with Gasteiger partial charge in [0.2, 0.25) is 5.95 Å². The fraction of sp³-hybridized carbons (Fsp3) is 0.400. The van der Waals surface area contributed by atoms with Crippen LogP contribution in [0.1, 0.15) is 25.0 Å². The number of aryl methyl sites for hydroxylation is 1. The molecule has 0 saturated heterocycles. The van der Waals surface area contributed by atoms with E-state index < -0.39 is 19.1 Å². The number of benzene rings is 1. The Balaban J connectivity index is 1.64. The van der Waals surface area contributed by atoms with Crippen LogP contribution in [0.25, 0.3) is 11.2 Å². The van der Waals surface area contributed by atoms with E-state index in [1.807, 2.05) is 19.1 Å². The SMILES string of the molecule is CC(=O)[C@@H](C)NP(=O)(COCCn1cnc2c(=O)[nH]c(N)nc21)OCc1ccc(C)c(Cl)c1. The first-order valence-corrected chi connectivity index (χ1v) is 12.3. The average Bonchev–Trinajstić information content (AvgIpc) is 3.15. The van der Waals surface area contributed by atoms with Gasteiger partial charge in [0, 0.05) is 11.6 Å². The standard InChI is InChI=1S/C20H26ClN6O5P/c1-12-4-5-15(8-16(12)21)9-32-33(30,26-13(2)14(3)28)11-31-7-6-27-10-23-17-18(27)24-20(22)25-19(17)29/h4-5,8,10,13H,6-7,9,11H2,1-3H3,(H,26,30)(H3,22,24,25,29)/t13-,33?/m1/s1. The number of Topliss-reactive ketones (excluding diaryl/α,β-unsaturated/α-hetero) is 1. The summed E-state index contributed by atoms with van der Waals surface area (Å²) in [6, 6.07) is 4.72. The number of nitrogens with two attached hydrogens (primary N) is 1. The highest BCUT2D eigenvalue weighted by molar-refractivity contribution is 7.56. The summed E-state index contributed by atoms with van der Waals surface area (Å²) >= 11 is 6.15. The largest absolute Gasteiger partial charge is 0.369 e. The van der Waals surface area contributed by atoms with Gasteiger partial charge in [-0.3, -0.25) is 19.1 Å². The zero-order valence-corrected chi connectivity index (χ0v) is 20.2. The third-order valence-electron chi connectivity index (χ3n) is 4.91. The Morgan fingerprint density at radius 2 is 2.18 bits per heavy atom. The molecule has 2 aromatic heterocycles. The topological polar surface area (TPSA) is 154 Å². The number of hydrogen-bond donors (Lipinski definition) is 3. The van der Waals surface area contributed by atoms with E-state index in [1.54, 1.807) is 17.6 Å². The number of anilines is 1. The van der Waals surface area contributed by atoms with E-state index in [0.717, 1.165) is 11.1 Å². The minimum absolute atomic E-state index is 0.0216. The molecule has 1 aromatic carbocycles. The van der Waals surface area contributed by atoms with Gasteiger partial charge in [-0.15, -0.1) is 0 Å². The van der Waals surface area contributed by atoms with Gasteiger partial charge in [0.05, 0.1) is 25.6 Å². The number of nitrogens with zero attached hydrogens (tertiary/aromatic N) is 3. The maximum absolute atomic E-state index is 13.4. The molecular weight excluding hydrogens is 471 g/mol. The molecule has 4 N–H and O–H groups in total. The summed E-state index contributed by atoms with van der Waals surface area (Å²) in [7, 11) is -3.54. The van der Waals surface area contributed by atoms with E-state index in [4.69, 9.17) is 26.6 Å². The van der Waals surface area contributed by atoms with Gasteiger partial charge in [-0.1, -0.05) is 23.7 Å². The van der Waals surface area contributed by atoms with Gasteiger partial charge in [0.15, 0.2) is 11.2 Å². The molecule has 2 atom stereocenters. The molecule has 0 amide bonds. The molecule has 3 aromatic rings. The number of carbonyl (C=O) groups is 1. The van der Waals surface area contributed by atoms with E-state index >= 15 is 0 Å². The van der Waals surface area contributed by atoms with Crippen molar-refractivity contribution in [3.63, 3.8) is 0 Å². The van der Waals surface area contributed by atoms with Gasteiger partial charge in [-0.05, 0) is 38.0 Å². The van der Waals surface area contributed by atoms with Crippen LogP contribution in [0.15, 0.2) is 29.3 Å². The minimum atomic E-state index is -3.54. The smallest absolute Gasteiger partial charge is 0.295 e. The monoisotopic (exact) mass is 496 g/mol. The summed E-state index contributed by atoms with van der Waals surface area (Å²) in [4.78, 5) is 34.1. The van der Waals surface area contributed by atoms with Gasteiger partial charge in [0.1, 0.15) is 12.1 Å². The van der Waals surface area contributed by atoms with Crippen molar-refractivity contribution in [1.82, 2.24) is 24.6 Å². The molecule has 0 bridgehead atoms.